The SMILES string of the molecule is COC(=O)Oc1ccc(C(C(C)COC(=O)OCC(C)(C)C)[C@H](N)C(=O)O)cc1OC(=O)OC. The Morgan fingerprint density at radius 2 is 1.50 bits per heavy atom. The minimum absolute atomic E-state index is 0.133. The number of ether oxygens (including phenoxy) is 6. The van der Waals surface area contributed by atoms with Gasteiger partial charge in [0.25, 0.3) is 0 Å². The summed E-state index contributed by atoms with van der Waals surface area (Å²) in [4.78, 5) is 46.8. The van der Waals surface area contributed by atoms with E-state index in [1.54, 1.807) is 6.92 Å². The van der Waals surface area contributed by atoms with Crippen LogP contribution in [-0.4, -0.2) is 63.0 Å². The predicted octanol–water partition coefficient (Wildman–Crippen LogP) is 3.31. The molecular weight excluding hydrogens is 454 g/mol. The zero-order valence-electron chi connectivity index (χ0n) is 20.0. The van der Waals surface area contributed by atoms with Crippen molar-refractivity contribution < 1.29 is 52.7 Å². The number of carbonyl (C=O) groups excluding carboxylic acids is 3. The third kappa shape index (κ3) is 9.14. The fraction of sp³-hybridized carbons (Fsp3) is 0.545. The number of aliphatic carboxylic acids is 1. The number of benzene rings is 1. The third-order valence-corrected chi connectivity index (χ3v) is 4.44. The summed E-state index contributed by atoms with van der Waals surface area (Å²) in [5, 5.41) is 9.52. The molecule has 0 aliphatic rings. The normalized spacial score (nSPS) is 13.6. The fourth-order valence-electron chi connectivity index (χ4n) is 2.82. The lowest BCUT2D eigenvalue weighted by Gasteiger charge is -2.28. The van der Waals surface area contributed by atoms with Gasteiger partial charge in [0.05, 0.1) is 27.4 Å². The molecule has 1 rings (SSSR count). The number of hydrogen-bond acceptors (Lipinski definition) is 11. The third-order valence-electron chi connectivity index (χ3n) is 4.44. The lowest BCUT2D eigenvalue weighted by atomic mass is 9.82. The minimum Gasteiger partial charge on any atom is -0.480 e. The van der Waals surface area contributed by atoms with Gasteiger partial charge in [-0.2, -0.15) is 0 Å². The molecule has 0 heterocycles. The van der Waals surface area contributed by atoms with Crippen molar-refractivity contribution >= 4 is 24.4 Å². The van der Waals surface area contributed by atoms with E-state index in [1.807, 2.05) is 20.8 Å². The van der Waals surface area contributed by atoms with Gasteiger partial charge >= 0.3 is 24.4 Å². The topological polar surface area (TPSA) is 170 Å². The fourth-order valence-corrected chi connectivity index (χ4v) is 2.82. The van der Waals surface area contributed by atoms with E-state index < -0.39 is 42.3 Å². The number of carboxylic acid groups (broad SMARTS) is 1. The molecule has 0 bridgehead atoms. The molecule has 34 heavy (non-hydrogen) atoms. The first-order valence-electron chi connectivity index (χ1n) is 10.2. The Kier molecular flexibility index (Phi) is 10.6. The maximum atomic E-state index is 11.9. The van der Waals surface area contributed by atoms with Crippen LogP contribution in [0.25, 0.3) is 0 Å². The summed E-state index contributed by atoms with van der Waals surface area (Å²) in [7, 11) is 2.17. The molecule has 1 aromatic rings. The van der Waals surface area contributed by atoms with Gasteiger partial charge in [-0.15, -0.1) is 0 Å². The highest BCUT2D eigenvalue weighted by Gasteiger charge is 2.33. The highest BCUT2D eigenvalue weighted by atomic mass is 16.7. The number of hydrogen-bond donors (Lipinski definition) is 2. The first-order valence-corrected chi connectivity index (χ1v) is 10.2. The predicted molar refractivity (Wildman–Crippen MR) is 117 cm³/mol. The zero-order chi connectivity index (χ0) is 26.1. The lowest BCUT2D eigenvalue weighted by Crippen LogP contribution is -2.40. The number of carboxylic acids is 1. The Hall–Kier alpha value is -3.54. The highest BCUT2D eigenvalue weighted by molar-refractivity contribution is 5.75. The largest absolute Gasteiger partial charge is 0.513 e. The second-order valence-electron chi connectivity index (χ2n) is 8.60. The van der Waals surface area contributed by atoms with Crippen LogP contribution in [0.3, 0.4) is 0 Å². The van der Waals surface area contributed by atoms with E-state index in [9.17, 15) is 24.3 Å². The number of carbonyl (C=O) groups is 4. The minimum atomic E-state index is -1.41. The molecular formula is C22H31NO11. The Morgan fingerprint density at radius 3 is 2.00 bits per heavy atom. The molecule has 0 saturated heterocycles. The van der Waals surface area contributed by atoms with Gasteiger partial charge in [-0.05, 0) is 29.0 Å². The number of methoxy groups -OCH3 is 2. The summed E-state index contributed by atoms with van der Waals surface area (Å²) in [6, 6.07) is 2.57. The number of nitrogens with two attached hydrogens (primary N) is 1. The van der Waals surface area contributed by atoms with E-state index in [4.69, 9.17) is 24.7 Å². The van der Waals surface area contributed by atoms with Crippen molar-refractivity contribution in [1.82, 2.24) is 0 Å². The van der Waals surface area contributed by atoms with Crippen molar-refractivity contribution in [1.29, 1.82) is 0 Å². The Morgan fingerprint density at radius 1 is 0.941 bits per heavy atom. The molecule has 0 saturated carbocycles. The molecule has 3 N–H and O–H groups in total. The second kappa shape index (κ2) is 12.6. The van der Waals surface area contributed by atoms with Crippen LogP contribution < -0.4 is 15.2 Å². The second-order valence-corrected chi connectivity index (χ2v) is 8.60. The molecule has 2 unspecified atom stereocenters. The highest BCUT2D eigenvalue weighted by Crippen LogP contribution is 2.36. The van der Waals surface area contributed by atoms with Gasteiger partial charge in [-0.1, -0.05) is 33.8 Å². The van der Waals surface area contributed by atoms with Gasteiger partial charge in [-0.25, -0.2) is 14.4 Å². The summed E-state index contributed by atoms with van der Waals surface area (Å²) in [6.45, 7) is 7.20. The van der Waals surface area contributed by atoms with Crippen LogP contribution in [0.2, 0.25) is 0 Å². The number of rotatable bonds is 9. The summed E-state index contributed by atoms with van der Waals surface area (Å²) >= 11 is 0. The molecule has 0 aliphatic heterocycles. The average molecular weight is 485 g/mol. The van der Waals surface area contributed by atoms with E-state index in [0.717, 1.165) is 14.2 Å². The monoisotopic (exact) mass is 485 g/mol. The lowest BCUT2D eigenvalue weighted by molar-refractivity contribution is -0.139. The van der Waals surface area contributed by atoms with E-state index in [-0.39, 0.29) is 30.1 Å². The summed E-state index contributed by atoms with van der Waals surface area (Å²) < 4.78 is 29.0. The molecule has 0 spiro atoms. The van der Waals surface area contributed by atoms with E-state index in [1.165, 1.54) is 18.2 Å². The molecule has 3 atom stereocenters. The molecule has 0 amide bonds. The molecule has 12 nitrogen and oxygen atoms in total. The van der Waals surface area contributed by atoms with Crippen LogP contribution in [0, 0.1) is 11.3 Å². The van der Waals surface area contributed by atoms with Gasteiger partial charge in [0, 0.05) is 5.92 Å². The van der Waals surface area contributed by atoms with Crippen LogP contribution in [-0.2, 0) is 23.7 Å². The molecule has 0 radical (unpaired) electrons. The Bertz CT molecular complexity index is 878. The van der Waals surface area contributed by atoms with Crippen LogP contribution >= 0.6 is 0 Å². The van der Waals surface area contributed by atoms with E-state index in [0.29, 0.717) is 5.56 Å². The van der Waals surface area contributed by atoms with Crippen LogP contribution in [0.1, 0.15) is 39.2 Å². The van der Waals surface area contributed by atoms with Crippen LogP contribution in [0.15, 0.2) is 18.2 Å². The Balaban J connectivity index is 3.21. The summed E-state index contributed by atoms with van der Waals surface area (Å²) in [5.41, 5.74) is 5.97. The van der Waals surface area contributed by atoms with Crippen molar-refractivity contribution in [2.75, 3.05) is 27.4 Å². The van der Waals surface area contributed by atoms with Gasteiger partial charge in [0.1, 0.15) is 6.04 Å². The van der Waals surface area contributed by atoms with Gasteiger partial charge in [0.15, 0.2) is 11.5 Å². The maximum absolute atomic E-state index is 11.9. The molecule has 0 fully saturated rings. The van der Waals surface area contributed by atoms with Crippen LogP contribution in [0.5, 0.6) is 11.5 Å². The van der Waals surface area contributed by atoms with Crippen molar-refractivity contribution in [2.45, 2.75) is 39.7 Å². The van der Waals surface area contributed by atoms with Gasteiger partial charge in [-0.3, -0.25) is 4.79 Å². The van der Waals surface area contributed by atoms with Crippen molar-refractivity contribution in [2.24, 2.45) is 17.1 Å². The summed E-state index contributed by atoms with van der Waals surface area (Å²) in [6.07, 6.45) is -3.08. The van der Waals surface area contributed by atoms with E-state index >= 15 is 0 Å². The first-order chi connectivity index (χ1) is 15.8. The van der Waals surface area contributed by atoms with Crippen molar-refractivity contribution in [3.8, 4) is 11.5 Å². The van der Waals surface area contributed by atoms with E-state index in [2.05, 4.69) is 9.47 Å². The summed E-state index contributed by atoms with van der Waals surface area (Å²) in [5.74, 6) is -3.24. The average Bonchev–Trinajstić information content (AvgIpc) is 2.77. The van der Waals surface area contributed by atoms with Crippen LogP contribution in [0.4, 0.5) is 14.4 Å². The quantitative estimate of drug-likeness (QED) is 0.297. The van der Waals surface area contributed by atoms with Gasteiger partial charge < -0.3 is 39.3 Å². The molecule has 0 aliphatic carbocycles. The van der Waals surface area contributed by atoms with Crippen molar-refractivity contribution in [3.05, 3.63) is 23.8 Å². The van der Waals surface area contributed by atoms with Crippen molar-refractivity contribution in [3.63, 3.8) is 0 Å². The maximum Gasteiger partial charge on any atom is 0.513 e. The first kappa shape index (κ1) is 28.5. The Labute approximate surface area is 197 Å². The molecule has 12 heteroatoms. The standard InChI is InChI=1S/C22H31NO11/c1-12(10-31-21(28)32-11-22(2,3)4)16(17(23)18(24)25)13-7-8-14(33-19(26)29-5)15(9-13)34-20(27)30-6/h7-9,12,16-17H,10-11,23H2,1-6H3,(H,24,25)/t12?,16?,17-/m0/s1. The molecule has 1 aromatic carbocycles. The van der Waals surface area contributed by atoms with Gasteiger partial charge in [0.2, 0.25) is 0 Å². The smallest absolute Gasteiger partial charge is 0.480 e. The molecule has 190 valence electrons. The zero-order valence-corrected chi connectivity index (χ0v) is 20.0. The molecule has 0 aromatic heterocycles.